The minimum atomic E-state index is -3.67. The molecule has 0 N–H and O–H groups in total. The molecule has 0 aliphatic carbocycles. The standard InChI is InChI=1S/C18H29ClO2S/c1-3-5-7-9-13-16(12-8-6-4-2)17-14-10-11-15-18(17)22(19,20)21/h10-11,14-16H,3-9,12-13H2,1-2H3. The zero-order valence-corrected chi connectivity index (χ0v) is 15.4. The molecular weight excluding hydrogens is 316 g/mol. The Morgan fingerprint density at radius 1 is 0.909 bits per heavy atom. The molecule has 0 saturated carbocycles. The first-order valence-electron chi connectivity index (χ1n) is 8.54. The Labute approximate surface area is 140 Å². The van der Waals surface area contributed by atoms with Crippen molar-refractivity contribution < 1.29 is 8.42 Å². The molecule has 0 saturated heterocycles. The van der Waals surface area contributed by atoms with E-state index in [4.69, 9.17) is 10.7 Å². The van der Waals surface area contributed by atoms with E-state index in [1.807, 2.05) is 12.1 Å². The Morgan fingerprint density at radius 2 is 1.45 bits per heavy atom. The van der Waals surface area contributed by atoms with Crippen molar-refractivity contribution in [3.63, 3.8) is 0 Å². The van der Waals surface area contributed by atoms with Gasteiger partial charge in [-0.1, -0.05) is 77.0 Å². The Hall–Kier alpha value is -0.540. The molecule has 0 spiro atoms. The van der Waals surface area contributed by atoms with Crippen molar-refractivity contribution in [3.8, 4) is 0 Å². The molecule has 1 aromatic carbocycles. The number of halogens is 1. The van der Waals surface area contributed by atoms with E-state index in [-0.39, 0.29) is 0 Å². The van der Waals surface area contributed by atoms with Crippen molar-refractivity contribution >= 4 is 19.7 Å². The highest BCUT2D eigenvalue weighted by Crippen LogP contribution is 2.33. The third kappa shape index (κ3) is 6.70. The quantitative estimate of drug-likeness (QED) is 0.351. The van der Waals surface area contributed by atoms with Gasteiger partial charge in [-0.25, -0.2) is 8.42 Å². The summed E-state index contributed by atoms with van der Waals surface area (Å²) in [7, 11) is 1.95. The topological polar surface area (TPSA) is 34.1 Å². The van der Waals surface area contributed by atoms with Gasteiger partial charge in [-0.3, -0.25) is 0 Å². The van der Waals surface area contributed by atoms with Gasteiger partial charge < -0.3 is 0 Å². The molecule has 0 aromatic heterocycles. The van der Waals surface area contributed by atoms with Crippen molar-refractivity contribution in [3.05, 3.63) is 29.8 Å². The third-order valence-electron chi connectivity index (χ3n) is 4.18. The molecule has 0 radical (unpaired) electrons. The lowest BCUT2D eigenvalue weighted by Crippen LogP contribution is -2.05. The molecule has 1 atom stereocenters. The fraction of sp³-hybridized carbons (Fsp3) is 0.667. The van der Waals surface area contributed by atoms with E-state index in [0.717, 1.165) is 31.2 Å². The van der Waals surface area contributed by atoms with Crippen molar-refractivity contribution in [2.45, 2.75) is 82.4 Å². The van der Waals surface area contributed by atoms with Crippen LogP contribution in [0, 0.1) is 0 Å². The summed E-state index contributed by atoms with van der Waals surface area (Å²) in [6.45, 7) is 4.39. The maximum atomic E-state index is 11.8. The molecule has 22 heavy (non-hydrogen) atoms. The summed E-state index contributed by atoms with van der Waals surface area (Å²) in [4.78, 5) is 0.300. The highest BCUT2D eigenvalue weighted by molar-refractivity contribution is 8.13. The lowest BCUT2D eigenvalue weighted by Gasteiger charge is -2.19. The van der Waals surface area contributed by atoms with Crippen molar-refractivity contribution in [1.29, 1.82) is 0 Å². The molecule has 0 fully saturated rings. The average molecular weight is 345 g/mol. The largest absolute Gasteiger partial charge is 0.261 e. The van der Waals surface area contributed by atoms with Gasteiger partial charge in [-0.2, -0.15) is 0 Å². The third-order valence-corrected chi connectivity index (χ3v) is 5.58. The smallest absolute Gasteiger partial charge is 0.207 e. The first-order valence-corrected chi connectivity index (χ1v) is 10.8. The monoisotopic (exact) mass is 344 g/mol. The van der Waals surface area contributed by atoms with E-state index in [2.05, 4.69) is 13.8 Å². The van der Waals surface area contributed by atoms with Gasteiger partial charge in [0.25, 0.3) is 9.05 Å². The van der Waals surface area contributed by atoms with Gasteiger partial charge in [0, 0.05) is 10.7 Å². The Balaban J connectivity index is 2.89. The molecule has 0 heterocycles. The molecule has 126 valence electrons. The van der Waals surface area contributed by atoms with Gasteiger partial charge >= 0.3 is 0 Å². The molecule has 0 amide bonds. The Morgan fingerprint density at radius 3 is 2.05 bits per heavy atom. The fourth-order valence-electron chi connectivity index (χ4n) is 2.95. The van der Waals surface area contributed by atoms with Gasteiger partial charge in [0.2, 0.25) is 0 Å². The van der Waals surface area contributed by atoms with Gasteiger partial charge in [-0.15, -0.1) is 0 Å². The molecule has 0 aliphatic rings. The number of rotatable bonds is 11. The summed E-state index contributed by atoms with van der Waals surface area (Å²) in [5, 5.41) is 0. The summed E-state index contributed by atoms with van der Waals surface area (Å²) in [6.07, 6.45) is 10.4. The summed E-state index contributed by atoms with van der Waals surface area (Å²) in [5.41, 5.74) is 0.908. The summed E-state index contributed by atoms with van der Waals surface area (Å²) >= 11 is 0. The lowest BCUT2D eigenvalue weighted by molar-refractivity contribution is 0.495. The number of hydrogen-bond donors (Lipinski definition) is 0. The van der Waals surface area contributed by atoms with E-state index in [1.54, 1.807) is 12.1 Å². The average Bonchev–Trinajstić information content (AvgIpc) is 2.49. The molecule has 1 rings (SSSR count). The second-order valence-corrected chi connectivity index (χ2v) is 8.55. The second kappa shape index (κ2) is 10.3. The van der Waals surface area contributed by atoms with Crippen LogP contribution in [-0.4, -0.2) is 8.42 Å². The highest BCUT2D eigenvalue weighted by Gasteiger charge is 2.21. The number of benzene rings is 1. The van der Waals surface area contributed by atoms with Crippen LogP contribution in [-0.2, 0) is 9.05 Å². The zero-order chi connectivity index (χ0) is 16.4. The molecule has 4 heteroatoms. The summed E-state index contributed by atoms with van der Waals surface area (Å²) < 4.78 is 23.7. The summed E-state index contributed by atoms with van der Waals surface area (Å²) in [6, 6.07) is 7.24. The molecule has 1 aromatic rings. The van der Waals surface area contributed by atoms with E-state index in [1.165, 1.54) is 32.1 Å². The van der Waals surface area contributed by atoms with Crippen LogP contribution in [0.2, 0.25) is 0 Å². The minimum absolute atomic E-state index is 0.299. The summed E-state index contributed by atoms with van der Waals surface area (Å²) in [5.74, 6) is 0.299. The van der Waals surface area contributed by atoms with E-state index >= 15 is 0 Å². The van der Waals surface area contributed by atoms with Crippen LogP contribution < -0.4 is 0 Å². The van der Waals surface area contributed by atoms with Crippen LogP contribution in [0.5, 0.6) is 0 Å². The molecular formula is C18H29ClO2S. The van der Waals surface area contributed by atoms with Crippen LogP contribution in [0.4, 0.5) is 0 Å². The lowest BCUT2D eigenvalue weighted by atomic mass is 9.88. The predicted octanol–water partition coefficient (Wildman–Crippen LogP) is 6.25. The van der Waals surface area contributed by atoms with Crippen molar-refractivity contribution in [1.82, 2.24) is 0 Å². The van der Waals surface area contributed by atoms with E-state index in [9.17, 15) is 8.42 Å². The molecule has 1 unspecified atom stereocenters. The van der Waals surface area contributed by atoms with E-state index in [0.29, 0.717) is 10.8 Å². The van der Waals surface area contributed by atoms with Crippen molar-refractivity contribution in [2.75, 3.05) is 0 Å². The fourth-order valence-corrected chi connectivity index (χ4v) is 4.13. The van der Waals surface area contributed by atoms with Crippen LogP contribution in [0.3, 0.4) is 0 Å². The first-order chi connectivity index (χ1) is 10.5. The number of hydrogen-bond acceptors (Lipinski definition) is 2. The highest BCUT2D eigenvalue weighted by atomic mass is 35.7. The maximum absolute atomic E-state index is 11.8. The van der Waals surface area contributed by atoms with Crippen LogP contribution in [0.25, 0.3) is 0 Å². The Bertz CT molecular complexity index is 526. The van der Waals surface area contributed by atoms with Crippen molar-refractivity contribution in [2.24, 2.45) is 0 Å². The first kappa shape index (κ1) is 19.5. The number of unbranched alkanes of at least 4 members (excludes halogenated alkanes) is 5. The predicted molar refractivity (Wildman–Crippen MR) is 95.1 cm³/mol. The normalized spacial score (nSPS) is 13.2. The maximum Gasteiger partial charge on any atom is 0.261 e. The SMILES string of the molecule is CCCCCCC(CCCCC)c1ccccc1S(=O)(=O)Cl. The van der Waals surface area contributed by atoms with Crippen LogP contribution in [0.1, 0.15) is 83.1 Å². The van der Waals surface area contributed by atoms with E-state index < -0.39 is 9.05 Å². The second-order valence-electron chi connectivity index (χ2n) is 6.02. The van der Waals surface area contributed by atoms with Crippen LogP contribution >= 0.6 is 10.7 Å². The molecule has 2 nitrogen and oxygen atoms in total. The molecule has 0 aliphatic heterocycles. The van der Waals surface area contributed by atoms with Gasteiger partial charge in [0.1, 0.15) is 0 Å². The Kier molecular flexibility index (Phi) is 9.11. The van der Waals surface area contributed by atoms with Gasteiger partial charge in [0.15, 0.2) is 0 Å². The minimum Gasteiger partial charge on any atom is -0.207 e. The molecule has 0 bridgehead atoms. The van der Waals surface area contributed by atoms with Gasteiger partial charge in [0.05, 0.1) is 4.90 Å². The van der Waals surface area contributed by atoms with Crippen LogP contribution in [0.15, 0.2) is 29.2 Å². The zero-order valence-electron chi connectivity index (χ0n) is 13.9. The van der Waals surface area contributed by atoms with Gasteiger partial charge in [-0.05, 0) is 30.4 Å².